The molecule has 0 aliphatic carbocycles. The third-order valence-corrected chi connectivity index (χ3v) is 4.32. The number of anilines is 2. The normalized spacial score (nSPS) is 11.6. The van der Waals surface area contributed by atoms with Gasteiger partial charge in [-0.1, -0.05) is 19.1 Å². The molecule has 0 aromatic heterocycles. The van der Waals surface area contributed by atoms with Gasteiger partial charge in [-0.05, 0) is 61.7 Å². The van der Waals surface area contributed by atoms with E-state index in [-0.39, 0.29) is 11.9 Å². The molecule has 0 heterocycles. The number of rotatable bonds is 9. The zero-order valence-corrected chi connectivity index (χ0v) is 17.2. The van der Waals surface area contributed by atoms with Gasteiger partial charge in [-0.15, -0.1) is 0 Å². The Bertz CT molecular complexity index is 911. The molecule has 2 aromatic rings. The third-order valence-electron chi connectivity index (χ3n) is 4.32. The van der Waals surface area contributed by atoms with Crippen molar-refractivity contribution >= 4 is 29.2 Å². The fourth-order valence-electron chi connectivity index (χ4n) is 2.77. The molecular formula is C21H28N6O3. The molecule has 8 N–H and O–H groups in total. The van der Waals surface area contributed by atoms with Crippen LogP contribution in [-0.2, 0) is 11.2 Å². The lowest BCUT2D eigenvalue weighted by Crippen LogP contribution is -2.44. The summed E-state index contributed by atoms with van der Waals surface area (Å²) in [4.78, 5) is 23.9. The van der Waals surface area contributed by atoms with Crippen molar-refractivity contribution in [2.75, 3.05) is 10.6 Å². The zero-order valence-electron chi connectivity index (χ0n) is 17.2. The van der Waals surface area contributed by atoms with E-state index < -0.39 is 18.0 Å². The second kappa shape index (κ2) is 10.3. The molecule has 2 rings (SSSR count). The summed E-state index contributed by atoms with van der Waals surface area (Å²) in [6, 6.07) is 10.5. The van der Waals surface area contributed by atoms with Crippen molar-refractivity contribution in [1.29, 1.82) is 5.41 Å². The highest BCUT2D eigenvalue weighted by molar-refractivity contribution is 5.95. The van der Waals surface area contributed by atoms with Gasteiger partial charge in [0.05, 0.1) is 0 Å². The molecule has 0 spiro atoms. The number of hydrogen-bond acceptors (Lipinski definition) is 5. The molecule has 1 unspecified atom stereocenters. The number of nitrogens with two attached hydrogens (primary N) is 1. The van der Waals surface area contributed by atoms with Crippen molar-refractivity contribution in [3.8, 4) is 0 Å². The third kappa shape index (κ3) is 6.21. The number of aliphatic carboxylic acids is 1. The first-order chi connectivity index (χ1) is 14.2. The molecule has 0 saturated carbocycles. The lowest BCUT2D eigenvalue weighted by atomic mass is 10.0. The number of urea groups is 1. The summed E-state index contributed by atoms with van der Waals surface area (Å²) < 4.78 is 0. The predicted molar refractivity (Wildman–Crippen MR) is 118 cm³/mol. The van der Waals surface area contributed by atoms with Crippen LogP contribution in [0.5, 0.6) is 0 Å². The maximum atomic E-state index is 12.0. The van der Waals surface area contributed by atoms with Gasteiger partial charge >= 0.3 is 12.0 Å². The van der Waals surface area contributed by atoms with Crippen LogP contribution in [-0.4, -0.2) is 29.0 Å². The largest absolute Gasteiger partial charge is 0.479 e. The Kier molecular flexibility index (Phi) is 7.76. The minimum atomic E-state index is -1.03. The molecule has 9 heteroatoms. The van der Waals surface area contributed by atoms with Crippen LogP contribution in [0.3, 0.4) is 0 Å². The minimum Gasteiger partial charge on any atom is -0.479 e. The number of carboxylic acid groups (broad SMARTS) is 1. The number of benzene rings is 2. The lowest BCUT2D eigenvalue weighted by molar-refractivity contribution is -0.138. The van der Waals surface area contributed by atoms with E-state index >= 15 is 0 Å². The second-order valence-electron chi connectivity index (χ2n) is 7.05. The van der Waals surface area contributed by atoms with Crippen LogP contribution in [0.4, 0.5) is 16.2 Å². The van der Waals surface area contributed by atoms with Crippen molar-refractivity contribution in [1.82, 2.24) is 10.9 Å². The highest BCUT2D eigenvalue weighted by Crippen LogP contribution is 2.25. The molecule has 30 heavy (non-hydrogen) atoms. The van der Waals surface area contributed by atoms with Crippen LogP contribution < -0.4 is 27.2 Å². The first kappa shape index (κ1) is 22.7. The van der Waals surface area contributed by atoms with Crippen molar-refractivity contribution in [3.05, 3.63) is 59.2 Å². The molecule has 2 aromatic carbocycles. The first-order valence-electron chi connectivity index (χ1n) is 9.60. The molecule has 0 bridgehead atoms. The smallest absolute Gasteiger partial charge is 0.333 e. The van der Waals surface area contributed by atoms with E-state index in [0.29, 0.717) is 28.9 Å². The molecule has 0 saturated heterocycles. The van der Waals surface area contributed by atoms with Crippen molar-refractivity contribution in [2.45, 2.75) is 39.3 Å². The number of hydrazine groups is 1. The Morgan fingerprint density at radius 3 is 2.33 bits per heavy atom. The number of carbonyl (C=O) groups is 2. The number of aryl methyl sites for hydroxylation is 1. The summed E-state index contributed by atoms with van der Waals surface area (Å²) in [5.41, 5.74) is 13.9. The van der Waals surface area contributed by atoms with Crippen LogP contribution >= 0.6 is 0 Å². The number of hydrogen-bond donors (Lipinski definition) is 7. The Labute approximate surface area is 175 Å². The van der Waals surface area contributed by atoms with E-state index in [2.05, 4.69) is 21.5 Å². The van der Waals surface area contributed by atoms with Crippen molar-refractivity contribution in [3.63, 3.8) is 0 Å². The molecule has 1 atom stereocenters. The molecule has 2 amide bonds. The molecule has 0 aliphatic rings. The SMILES string of the molecule is CCc1cc(C(Nc2ccc(C(=N)N)cc2)C(=O)O)ccc1NC(=O)NNC(C)C. The van der Waals surface area contributed by atoms with Crippen molar-refractivity contribution in [2.24, 2.45) is 5.73 Å². The fourth-order valence-corrected chi connectivity index (χ4v) is 2.77. The fraction of sp³-hybridized carbons (Fsp3) is 0.286. The molecule has 0 fully saturated rings. The maximum absolute atomic E-state index is 12.0. The lowest BCUT2D eigenvalue weighted by Gasteiger charge is -2.19. The summed E-state index contributed by atoms with van der Waals surface area (Å²) in [5, 5.41) is 22.9. The van der Waals surface area contributed by atoms with Crippen LogP contribution in [0, 0.1) is 5.41 Å². The number of amidine groups is 1. The molecule has 9 nitrogen and oxygen atoms in total. The van der Waals surface area contributed by atoms with E-state index in [0.717, 1.165) is 5.56 Å². The predicted octanol–water partition coefficient (Wildman–Crippen LogP) is 2.81. The van der Waals surface area contributed by atoms with Gasteiger partial charge in [0.2, 0.25) is 0 Å². The van der Waals surface area contributed by atoms with E-state index in [1.807, 2.05) is 20.8 Å². The molecule has 0 aliphatic heterocycles. The topological polar surface area (TPSA) is 152 Å². The van der Waals surface area contributed by atoms with Crippen LogP contribution in [0.2, 0.25) is 0 Å². The van der Waals surface area contributed by atoms with Gasteiger partial charge in [-0.3, -0.25) is 10.8 Å². The van der Waals surface area contributed by atoms with E-state index in [9.17, 15) is 14.7 Å². The number of nitrogen functional groups attached to an aromatic ring is 1. The highest BCUT2D eigenvalue weighted by Gasteiger charge is 2.21. The number of nitrogens with one attached hydrogen (secondary N) is 5. The quantitative estimate of drug-likeness (QED) is 0.191. The Hall–Kier alpha value is -3.59. The average Bonchev–Trinajstić information content (AvgIpc) is 2.71. The summed E-state index contributed by atoms with van der Waals surface area (Å²) in [6.07, 6.45) is 0.612. The van der Waals surface area contributed by atoms with E-state index in [1.54, 1.807) is 42.5 Å². The standard InChI is InChI=1S/C21H28N6O3/c1-4-13-11-15(7-10-17(13)25-21(30)27-26-12(2)3)18(20(28)29)24-16-8-5-14(6-9-16)19(22)23/h5-12,18,24,26H,4H2,1-3H3,(H3,22,23)(H,28,29)(H2,25,27,30). The van der Waals surface area contributed by atoms with Gasteiger partial charge in [0.1, 0.15) is 5.84 Å². The van der Waals surface area contributed by atoms with Gasteiger partial charge in [0.15, 0.2) is 6.04 Å². The first-order valence-corrected chi connectivity index (χ1v) is 9.60. The number of carboxylic acids is 1. The summed E-state index contributed by atoms with van der Waals surface area (Å²) >= 11 is 0. The van der Waals surface area contributed by atoms with Gasteiger partial charge in [0, 0.05) is 23.0 Å². The Balaban J connectivity index is 2.20. The zero-order chi connectivity index (χ0) is 22.3. The van der Waals surface area contributed by atoms with Gasteiger partial charge in [0.25, 0.3) is 0 Å². The molecule has 0 radical (unpaired) electrons. The number of amides is 2. The number of carbonyl (C=O) groups excluding carboxylic acids is 1. The van der Waals surface area contributed by atoms with E-state index in [1.165, 1.54) is 0 Å². The van der Waals surface area contributed by atoms with E-state index in [4.69, 9.17) is 11.1 Å². The average molecular weight is 412 g/mol. The highest BCUT2D eigenvalue weighted by atomic mass is 16.4. The Morgan fingerprint density at radius 1 is 1.13 bits per heavy atom. The summed E-state index contributed by atoms with van der Waals surface area (Å²) in [5.74, 6) is -1.09. The summed E-state index contributed by atoms with van der Waals surface area (Å²) in [6.45, 7) is 5.73. The van der Waals surface area contributed by atoms with Crippen LogP contribution in [0.1, 0.15) is 43.5 Å². The maximum Gasteiger partial charge on any atom is 0.333 e. The second-order valence-corrected chi connectivity index (χ2v) is 7.05. The Morgan fingerprint density at radius 2 is 1.80 bits per heavy atom. The molecule has 160 valence electrons. The van der Waals surface area contributed by atoms with Crippen LogP contribution in [0.25, 0.3) is 0 Å². The van der Waals surface area contributed by atoms with Gasteiger partial charge in [-0.2, -0.15) is 0 Å². The van der Waals surface area contributed by atoms with Crippen LogP contribution in [0.15, 0.2) is 42.5 Å². The minimum absolute atomic E-state index is 0.0559. The molecular weight excluding hydrogens is 384 g/mol. The monoisotopic (exact) mass is 412 g/mol. The summed E-state index contributed by atoms with van der Waals surface area (Å²) in [7, 11) is 0. The van der Waals surface area contributed by atoms with Gasteiger partial charge in [-0.25, -0.2) is 15.0 Å². The van der Waals surface area contributed by atoms with Gasteiger partial charge < -0.3 is 21.5 Å². The van der Waals surface area contributed by atoms with Crippen molar-refractivity contribution < 1.29 is 14.7 Å².